The lowest BCUT2D eigenvalue weighted by Crippen LogP contribution is -2.23. The van der Waals surface area contributed by atoms with Crippen LogP contribution in [0.25, 0.3) is 0 Å². The Morgan fingerprint density at radius 2 is 2.05 bits per heavy atom. The van der Waals surface area contributed by atoms with Crippen molar-refractivity contribution in [2.75, 3.05) is 7.11 Å². The summed E-state index contributed by atoms with van der Waals surface area (Å²) in [6.45, 7) is 2.13. The fourth-order valence-electron chi connectivity index (χ4n) is 3.09. The summed E-state index contributed by atoms with van der Waals surface area (Å²) in [5.74, 6) is 0.782. The molecule has 0 amide bonds. The highest BCUT2D eigenvalue weighted by molar-refractivity contribution is 5.36. The molecule has 2 atom stereocenters. The molecule has 1 aliphatic carbocycles. The second kappa shape index (κ2) is 5.86. The third-order valence-electron chi connectivity index (χ3n) is 4.26. The van der Waals surface area contributed by atoms with Crippen molar-refractivity contribution in [1.29, 1.82) is 0 Å². The topological polar surface area (TPSA) is 21.3 Å². The molecule has 2 aromatic carbocycles. The summed E-state index contributed by atoms with van der Waals surface area (Å²) >= 11 is 0. The van der Waals surface area contributed by atoms with Crippen LogP contribution in [-0.2, 0) is 6.42 Å². The zero-order valence-corrected chi connectivity index (χ0v) is 12.4. The summed E-state index contributed by atoms with van der Waals surface area (Å²) in [4.78, 5) is 0. The molecule has 1 N–H and O–H groups in total. The van der Waals surface area contributed by atoms with Gasteiger partial charge in [0.1, 0.15) is 11.6 Å². The molecule has 110 valence electrons. The first kappa shape index (κ1) is 14.1. The Morgan fingerprint density at radius 3 is 2.86 bits per heavy atom. The summed E-state index contributed by atoms with van der Waals surface area (Å²) in [5.41, 5.74) is 3.15. The molecule has 3 heteroatoms. The summed E-state index contributed by atoms with van der Waals surface area (Å²) in [6.07, 6.45) is 1.76. The van der Waals surface area contributed by atoms with E-state index in [4.69, 9.17) is 4.74 Å². The van der Waals surface area contributed by atoms with Gasteiger partial charge >= 0.3 is 0 Å². The van der Waals surface area contributed by atoms with Crippen LogP contribution in [0.5, 0.6) is 5.75 Å². The standard InChI is InChI=1S/C18H20FNO/c1-12(13-5-3-6-14(11-13)21-2)20-18-10-9-15-16(18)7-4-8-17(15)19/h3-8,11-12,18,20H,9-10H2,1-2H3/t12-,18?/m0/s1. The fraction of sp³-hybridized carbons (Fsp3) is 0.333. The van der Waals surface area contributed by atoms with Gasteiger partial charge < -0.3 is 10.1 Å². The molecule has 0 bridgehead atoms. The van der Waals surface area contributed by atoms with Crippen molar-refractivity contribution in [3.63, 3.8) is 0 Å². The van der Waals surface area contributed by atoms with E-state index in [9.17, 15) is 4.39 Å². The smallest absolute Gasteiger partial charge is 0.126 e. The van der Waals surface area contributed by atoms with Gasteiger partial charge in [-0.2, -0.15) is 0 Å². The SMILES string of the molecule is COc1cccc([C@H](C)NC2CCc3c(F)cccc32)c1. The number of methoxy groups -OCH3 is 1. The van der Waals surface area contributed by atoms with E-state index in [1.54, 1.807) is 19.2 Å². The maximum Gasteiger partial charge on any atom is 0.126 e. The van der Waals surface area contributed by atoms with E-state index < -0.39 is 0 Å². The molecule has 1 unspecified atom stereocenters. The first-order valence-electron chi connectivity index (χ1n) is 7.36. The minimum absolute atomic E-state index is 0.0779. The number of ether oxygens (including phenoxy) is 1. The van der Waals surface area contributed by atoms with Crippen LogP contribution in [0.1, 0.15) is 42.1 Å². The van der Waals surface area contributed by atoms with E-state index in [0.29, 0.717) is 0 Å². The van der Waals surface area contributed by atoms with E-state index in [1.807, 2.05) is 24.3 Å². The van der Waals surface area contributed by atoms with Crippen LogP contribution in [0.2, 0.25) is 0 Å². The average Bonchev–Trinajstić information content (AvgIpc) is 2.92. The highest BCUT2D eigenvalue weighted by Crippen LogP contribution is 2.34. The van der Waals surface area contributed by atoms with Gasteiger partial charge in [-0.15, -0.1) is 0 Å². The second-order valence-corrected chi connectivity index (χ2v) is 5.56. The number of halogens is 1. The van der Waals surface area contributed by atoms with Gasteiger partial charge in [0.25, 0.3) is 0 Å². The molecule has 0 saturated carbocycles. The summed E-state index contributed by atoms with van der Waals surface area (Å²) < 4.78 is 19.0. The highest BCUT2D eigenvalue weighted by atomic mass is 19.1. The quantitative estimate of drug-likeness (QED) is 0.910. The summed E-state index contributed by atoms with van der Waals surface area (Å²) in [6, 6.07) is 13.8. The van der Waals surface area contributed by atoms with Crippen LogP contribution >= 0.6 is 0 Å². The summed E-state index contributed by atoms with van der Waals surface area (Å²) in [7, 11) is 1.67. The van der Waals surface area contributed by atoms with E-state index >= 15 is 0 Å². The van der Waals surface area contributed by atoms with Gasteiger partial charge in [0.05, 0.1) is 7.11 Å². The maximum absolute atomic E-state index is 13.8. The lowest BCUT2D eigenvalue weighted by Gasteiger charge is -2.21. The van der Waals surface area contributed by atoms with E-state index in [-0.39, 0.29) is 17.9 Å². The zero-order chi connectivity index (χ0) is 14.8. The van der Waals surface area contributed by atoms with Crippen LogP contribution in [0.4, 0.5) is 4.39 Å². The lowest BCUT2D eigenvalue weighted by atomic mass is 10.0. The minimum Gasteiger partial charge on any atom is -0.497 e. The molecule has 0 spiro atoms. The Balaban J connectivity index is 1.77. The largest absolute Gasteiger partial charge is 0.497 e. The van der Waals surface area contributed by atoms with Gasteiger partial charge in [0.2, 0.25) is 0 Å². The van der Waals surface area contributed by atoms with Gasteiger partial charge in [-0.1, -0.05) is 24.3 Å². The second-order valence-electron chi connectivity index (χ2n) is 5.56. The normalized spacial score (nSPS) is 18.3. The predicted octanol–water partition coefficient (Wildman–Crippen LogP) is 4.17. The molecule has 0 aromatic heterocycles. The van der Waals surface area contributed by atoms with Crippen molar-refractivity contribution in [2.45, 2.75) is 31.8 Å². The van der Waals surface area contributed by atoms with Gasteiger partial charge in [0.15, 0.2) is 0 Å². The Bertz CT molecular complexity index is 641. The molecule has 3 rings (SSSR count). The molecule has 2 nitrogen and oxygen atoms in total. The molecule has 2 aromatic rings. The molecular weight excluding hydrogens is 265 g/mol. The van der Waals surface area contributed by atoms with Crippen molar-refractivity contribution < 1.29 is 9.13 Å². The maximum atomic E-state index is 13.8. The molecular formula is C18H20FNO. The molecule has 0 aliphatic heterocycles. The molecule has 21 heavy (non-hydrogen) atoms. The number of benzene rings is 2. The van der Waals surface area contributed by atoms with Crippen LogP contribution in [0, 0.1) is 5.82 Å². The molecule has 0 saturated heterocycles. The van der Waals surface area contributed by atoms with Crippen molar-refractivity contribution in [3.8, 4) is 5.75 Å². The van der Waals surface area contributed by atoms with Crippen molar-refractivity contribution in [1.82, 2.24) is 5.32 Å². The highest BCUT2D eigenvalue weighted by Gasteiger charge is 2.25. The Morgan fingerprint density at radius 1 is 1.24 bits per heavy atom. The van der Waals surface area contributed by atoms with E-state index in [2.05, 4.69) is 18.3 Å². The van der Waals surface area contributed by atoms with Crippen LogP contribution in [-0.4, -0.2) is 7.11 Å². The van der Waals surface area contributed by atoms with Gasteiger partial charge in [-0.3, -0.25) is 0 Å². The van der Waals surface area contributed by atoms with Crippen molar-refractivity contribution in [2.24, 2.45) is 0 Å². The van der Waals surface area contributed by atoms with Crippen LogP contribution in [0.3, 0.4) is 0 Å². The van der Waals surface area contributed by atoms with Crippen LogP contribution in [0.15, 0.2) is 42.5 Å². The Kier molecular flexibility index (Phi) is 3.93. The number of hydrogen-bond acceptors (Lipinski definition) is 2. The molecule has 0 fully saturated rings. The van der Waals surface area contributed by atoms with Gasteiger partial charge in [-0.05, 0) is 54.7 Å². The molecule has 0 heterocycles. The fourth-order valence-corrected chi connectivity index (χ4v) is 3.09. The average molecular weight is 285 g/mol. The Labute approximate surface area is 125 Å². The van der Waals surface area contributed by atoms with Crippen molar-refractivity contribution in [3.05, 3.63) is 65.0 Å². The molecule has 1 aliphatic rings. The third kappa shape index (κ3) is 2.79. The number of hydrogen-bond donors (Lipinski definition) is 1. The van der Waals surface area contributed by atoms with E-state index in [1.165, 1.54) is 5.56 Å². The monoisotopic (exact) mass is 285 g/mol. The number of rotatable bonds is 4. The van der Waals surface area contributed by atoms with Gasteiger partial charge in [-0.25, -0.2) is 4.39 Å². The van der Waals surface area contributed by atoms with Crippen LogP contribution < -0.4 is 10.1 Å². The molecule has 0 radical (unpaired) electrons. The number of nitrogens with one attached hydrogen (secondary N) is 1. The third-order valence-corrected chi connectivity index (χ3v) is 4.26. The van der Waals surface area contributed by atoms with Gasteiger partial charge in [0, 0.05) is 12.1 Å². The zero-order valence-electron chi connectivity index (χ0n) is 12.4. The Hall–Kier alpha value is -1.87. The number of fused-ring (bicyclic) bond motifs is 1. The van der Waals surface area contributed by atoms with Crippen molar-refractivity contribution >= 4 is 0 Å². The first-order chi connectivity index (χ1) is 10.2. The lowest BCUT2D eigenvalue weighted by molar-refractivity contribution is 0.411. The minimum atomic E-state index is -0.0779. The first-order valence-corrected chi connectivity index (χ1v) is 7.36. The predicted molar refractivity (Wildman–Crippen MR) is 82.0 cm³/mol. The van der Waals surface area contributed by atoms with E-state index in [0.717, 1.165) is 29.7 Å². The summed E-state index contributed by atoms with van der Waals surface area (Å²) in [5, 5.41) is 3.61.